The molecule has 1 heterocycles. The van der Waals surface area contributed by atoms with E-state index >= 15 is 0 Å². The van der Waals surface area contributed by atoms with Gasteiger partial charge in [-0.05, 0) is 19.2 Å². The van der Waals surface area contributed by atoms with Crippen LogP contribution >= 0.6 is 0 Å². The highest BCUT2D eigenvalue weighted by molar-refractivity contribution is 5.62. The normalized spacial score (nSPS) is 10.4. The topological polar surface area (TPSA) is 60.2 Å². The van der Waals surface area contributed by atoms with Gasteiger partial charge in [0.25, 0.3) is 5.89 Å². The van der Waals surface area contributed by atoms with Gasteiger partial charge in [0, 0.05) is 0 Å². The summed E-state index contributed by atoms with van der Waals surface area (Å²) in [5.41, 5.74) is 0.805. The maximum atomic E-state index is 5.49. The number of aromatic nitrogens is 2. The minimum absolute atomic E-state index is 0.475. The van der Waals surface area contributed by atoms with Crippen molar-refractivity contribution in [2.24, 2.45) is 0 Å². The summed E-state index contributed by atoms with van der Waals surface area (Å²) in [5.74, 6) is 1.76. The molecule has 0 aliphatic heterocycles. The van der Waals surface area contributed by atoms with E-state index in [2.05, 4.69) is 15.5 Å². The number of methoxy groups -OCH3 is 1. The fraction of sp³-hybridized carbons (Fsp3) is 0.273. The van der Waals surface area contributed by atoms with Crippen molar-refractivity contribution in [2.75, 3.05) is 14.2 Å². The van der Waals surface area contributed by atoms with E-state index in [0.717, 1.165) is 11.3 Å². The molecule has 0 saturated carbocycles. The molecule has 5 heteroatoms. The van der Waals surface area contributed by atoms with E-state index in [4.69, 9.17) is 9.15 Å². The predicted octanol–water partition coefficient (Wildman–Crippen LogP) is 1.46. The Morgan fingerprint density at radius 2 is 2.12 bits per heavy atom. The Labute approximate surface area is 93.4 Å². The highest BCUT2D eigenvalue weighted by atomic mass is 16.5. The van der Waals surface area contributed by atoms with Gasteiger partial charge >= 0.3 is 0 Å². The third-order valence-electron chi connectivity index (χ3n) is 2.13. The van der Waals surface area contributed by atoms with Crippen LogP contribution in [0.1, 0.15) is 5.89 Å². The zero-order chi connectivity index (χ0) is 11.4. The van der Waals surface area contributed by atoms with Gasteiger partial charge in [0.05, 0.1) is 19.2 Å². The molecule has 2 rings (SSSR count). The molecule has 0 aliphatic carbocycles. The van der Waals surface area contributed by atoms with Crippen molar-refractivity contribution in [1.82, 2.24) is 15.5 Å². The quantitative estimate of drug-likeness (QED) is 0.843. The number of ether oxygens (including phenoxy) is 1. The van der Waals surface area contributed by atoms with Crippen molar-refractivity contribution >= 4 is 0 Å². The van der Waals surface area contributed by atoms with Crippen LogP contribution in [0.15, 0.2) is 28.7 Å². The fourth-order valence-corrected chi connectivity index (χ4v) is 1.41. The molecule has 1 aromatic carbocycles. The maximum Gasteiger partial charge on any atom is 0.251 e. The first kappa shape index (κ1) is 10.6. The van der Waals surface area contributed by atoms with Crippen molar-refractivity contribution in [3.8, 4) is 17.2 Å². The molecule has 0 bridgehead atoms. The standard InChI is InChI=1S/C11H13N3O2/c1-12-7-10-13-14-11(16-10)8-5-3-4-6-9(8)15-2/h3-6,12H,7H2,1-2H3. The third-order valence-corrected chi connectivity index (χ3v) is 2.13. The smallest absolute Gasteiger partial charge is 0.251 e. The molecule has 5 nitrogen and oxygen atoms in total. The van der Waals surface area contributed by atoms with Crippen molar-refractivity contribution in [1.29, 1.82) is 0 Å². The van der Waals surface area contributed by atoms with Crippen LogP contribution in [0.2, 0.25) is 0 Å². The largest absolute Gasteiger partial charge is 0.496 e. The number of rotatable bonds is 4. The predicted molar refractivity (Wildman–Crippen MR) is 59.0 cm³/mol. The summed E-state index contributed by atoms with van der Waals surface area (Å²) in [7, 11) is 3.44. The number of hydrogen-bond acceptors (Lipinski definition) is 5. The molecule has 16 heavy (non-hydrogen) atoms. The van der Waals surface area contributed by atoms with E-state index in [1.165, 1.54) is 0 Å². The molecular weight excluding hydrogens is 206 g/mol. The average Bonchev–Trinajstić information content (AvgIpc) is 2.78. The van der Waals surface area contributed by atoms with Crippen molar-refractivity contribution in [2.45, 2.75) is 6.54 Å². The minimum atomic E-state index is 0.475. The van der Waals surface area contributed by atoms with E-state index in [-0.39, 0.29) is 0 Å². The molecule has 84 valence electrons. The summed E-state index contributed by atoms with van der Waals surface area (Å²) in [6, 6.07) is 7.54. The van der Waals surface area contributed by atoms with Crippen LogP contribution < -0.4 is 10.1 Å². The highest BCUT2D eigenvalue weighted by Crippen LogP contribution is 2.28. The van der Waals surface area contributed by atoms with Gasteiger partial charge in [-0.25, -0.2) is 0 Å². The summed E-state index contributed by atoms with van der Waals surface area (Å²) < 4.78 is 10.7. The second kappa shape index (κ2) is 4.76. The lowest BCUT2D eigenvalue weighted by molar-refractivity contribution is 0.413. The van der Waals surface area contributed by atoms with Crippen LogP contribution in [0.4, 0.5) is 0 Å². The van der Waals surface area contributed by atoms with Gasteiger partial charge in [-0.3, -0.25) is 0 Å². The van der Waals surface area contributed by atoms with Crippen LogP contribution in [-0.2, 0) is 6.54 Å². The number of nitrogens with zero attached hydrogens (tertiary/aromatic N) is 2. The van der Waals surface area contributed by atoms with Gasteiger partial charge in [0.2, 0.25) is 5.89 Å². The Hall–Kier alpha value is -1.88. The van der Waals surface area contributed by atoms with Gasteiger partial charge in [-0.1, -0.05) is 12.1 Å². The van der Waals surface area contributed by atoms with Crippen molar-refractivity contribution in [3.63, 3.8) is 0 Å². The molecular formula is C11H13N3O2. The minimum Gasteiger partial charge on any atom is -0.496 e. The third kappa shape index (κ3) is 2.04. The molecule has 0 unspecified atom stereocenters. The van der Waals surface area contributed by atoms with Gasteiger partial charge in [-0.15, -0.1) is 10.2 Å². The first-order valence-corrected chi connectivity index (χ1v) is 4.95. The van der Waals surface area contributed by atoms with Crippen LogP contribution in [-0.4, -0.2) is 24.4 Å². The fourth-order valence-electron chi connectivity index (χ4n) is 1.41. The lowest BCUT2D eigenvalue weighted by atomic mass is 10.2. The Bertz CT molecular complexity index is 468. The SMILES string of the molecule is CNCc1nnc(-c2ccccc2OC)o1. The molecule has 1 N–H and O–H groups in total. The summed E-state index contributed by atoms with van der Waals surface area (Å²) in [5, 5.41) is 10.8. The van der Waals surface area contributed by atoms with Gasteiger partial charge < -0.3 is 14.5 Å². The Kier molecular flexibility index (Phi) is 3.16. The van der Waals surface area contributed by atoms with E-state index < -0.39 is 0 Å². The van der Waals surface area contributed by atoms with Crippen LogP contribution in [0.5, 0.6) is 5.75 Å². The highest BCUT2D eigenvalue weighted by Gasteiger charge is 2.11. The molecule has 0 fully saturated rings. The average molecular weight is 219 g/mol. The maximum absolute atomic E-state index is 5.49. The zero-order valence-electron chi connectivity index (χ0n) is 9.23. The van der Waals surface area contributed by atoms with Crippen molar-refractivity contribution in [3.05, 3.63) is 30.2 Å². The molecule has 0 aliphatic rings. The second-order valence-electron chi connectivity index (χ2n) is 3.23. The number of hydrogen-bond donors (Lipinski definition) is 1. The molecule has 0 atom stereocenters. The first-order chi connectivity index (χ1) is 7.85. The Balaban J connectivity index is 2.34. The van der Waals surface area contributed by atoms with Crippen LogP contribution in [0.25, 0.3) is 11.5 Å². The van der Waals surface area contributed by atoms with Crippen LogP contribution in [0, 0.1) is 0 Å². The second-order valence-corrected chi connectivity index (χ2v) is 3.23. The number of para-hydroxylation sites is 1. The Morgan fingerprint density at radius 1 is 1.31 bits per heavy atom. The van der Waals surface area contributed by atoms with E-state index in [9.17, 15) is 0 Å². The van der Waals surface area contributed by atoms with Crippen molar-refractivity contribution < 1.29 is 9.15 Å². The molecule has 1 aromatic heterocycles. The van der Waals surface area contributed by atoms with Gasteiger partial charge in [0.15, 0.2) is 0 Å². The summed E-state index contributed by atoms with van der Waals surface area (Å²) in [4.78, 5) is 0. The summed E-state index contributed by atoms with van der Waals surface area (Å²) in [6.07, 6.45) is 0. The lowest BCUT2D eigenvalue weighted by Crippen LogP contribution is -2.04. The van der Waals surface area contributed by atoms with Crippen LogP contribution in [0.3, 0.4) is 0 Å². The van der Waals surface area contributed by atoms with E-state index in [1.807, 2.05) is 31.3 Å². The van der Waals surface area contributed by atoms with E-state index in [0.29, 0.717) is 18.3 Å². The Morgan fingerprint density at radius 3 is 2.88 bits per heavy atom. The summed E-state index contributed by atoms with van der Waals surface area (Å²) in [6.45, 7) is 0.558. The van der Waals surface area contributed by atoms with E-state index in [1.54, 1.807) is 7.11 Å². The van der Waals surface area contributed by atoms with Gasteiger partial charge in [-0.2, -0.15) is 0 Å². The molecule has 2 aromatic rings. The molecule has 0 saturated heterocycles. The first-order valence-electron chi connectivity index (χ1n) is 4.95. The number of nitrogens with one attached hydrogen (secondary N) is 1. The number of benzene rings is 1. The molecule has 0 radical (unpaired) electrons. The lowest BCUT2D eigenvalue weighted by Gasteiger charge is -2.03. The van der Waals surface area contributed by atoms with Gasteiger partial charge in [0.1, 0.15) is 5.75 Å². The molecule has 0 spiro atoms. The molecule has 0 amide bonds. The summed E-state index contributed by atoms with van der Waals surface area (Å²) >= 11 is 0. The monoisotopic (exact) mass is 219 g/mol. The zero-order valence-corrected chi connectivity index (χ0v) is 9.23.